The predicted molar refractivity (Wildman–Crippen MR) is 80.4 cm³/mol. The number of urea groups is 1. The second kappa shape index (κ2) is 6.08. The summed E-state index contributed by atoms with van der Waals surface area (Å²) in [5.41, 5.74) is 2.53. The molecule has 0 saturated carbocycles. The van der Waals surface area contributed by atoms with Gasteiger partial charge in [-0.15, -0.1) is 0 Å². The number of amides is 3. The van der Waals surface area contributed by atoms with Crippen LogP contribution >= 0.6 is 0 Å². The van der Waals surface area contributed by atoms with Crippen LogP contribution in [-0.2, 0) is 0 Å². The molecule has 2 rings (SSSR count). The molecular formula is C14H17N5O2. The van der Waals surface area contributed by atoms with Crippen LogP contribution < -0.4 is 10.6 Å². The molecular weight excluding hydrogens is 270 g/mol. The van der Waals surface area contributed by atoms with Crippen LogP contribution in [0.25, 0.3) is 0 Å². The van der Waals surface area contributed by atoms with E-state index < -0.39 is 6.03 Å². The number of nitrogens with one attached hydrogen (secondary N) is 3. The minimum Gasteiger partial charge on any atom is -0.345 e. The summed E-state index contributed by atoms with van der Waals surface area (Å²) in [5, 5.41) is 11.7. The Labute approximate surface area is 122 Å². The highest BCUT2D eigenvalue weighted by Gasteiger charge is 2.11. The molecule has 0 radical (unpaired) electrons. The SMILES string of the molecule is Cc1ccc(C(=O)N(C)C)cc1NC(=O)Nc1cn[nH]c1. The molecule has 0 atom stereocenters. The predicted octanol–water partition coefficient (Wildman–Crippen LogP) is 2.06. The second-order valence-electron chi connectivity index (χ2n) is 4.80. The lowest BCUT2D eigenvalue weighted by molar-refractivity contribution is 0.0827. The van der Waals surface area contributed by atoms with Gasteiger partial charge in [-0.1, -0.05) is 6.07 Å². The Kier molecular flexibility index (Phi) is 4.22. The van der Waals surface area contributed by atoms with E-state index in [-0.39, 0.29) is 5.91 Å². The van der Waals surface area contributed by atoms with Crippen molar-refractivity contribution >= 4 is 23.3 Å². The number of anilines is 2. The van der Waals surface area contributed by atoms with Crippen molar-refractivity contribution in [2.75, 3.05) is 24.7 Å². The number of hydrogen-bond donors (Lipinski definition) is 3. The normalized spacial score (nSPS) is 10.0. The number of hydrogen-bond acceptors (Lipinski definition) is 3. The number of rotatable bonds is 3. The Morgan fingerprint density at radius 2 is 2.00 bits per heavy atom. The monoisotopic (exact) mass is 287 g/mol. The van der Waals surface area contributed by atoms with Crippen molar-refractivity contribution in [2.45, 2.75) is 6.92 Å². The maximum Gasteiger partial charge on any atom is 0.323 e. The third-order valence-electron chi connectivity index (χ3n) is 2.89. The van der Waals surface area contributed by atoms with Crippen molar-refractivity contribution in [3.63, 3.8) is 0 Å². The summed E-state index contributed by atoms with van der Waals surface area (Å²) in [6, 6.07) is 4.79. The molecule has 110 valence electrons. The van der Waals surface area contributed by atoms with Crippen molar-refractivity contribution in [1.82, 2.24) is 15.1 Å². The first-order valence-corrected chi connectivity index (χ1v) is 6.36. The van der Waals surface area contributed by atoms with Gasteiger partial charge in [-0.05, 0) is 24.6 Å². The molecule has 1 aromatic carbocycles. The Morgan fingerprint density at radius 3 is 2.62 bits per heavy atom. The van der Waals surface area contributed by atoms with Crippen molar-refractivity contribution in [3.05, 3.63) is 41.7 Å². The van der Waals surface area contributed by atoms with Crippen LogP contribution in [0.3, 0.4) is 0 Å². The van der Waals surface area contributed by atoms with Crippen molar-refractivity contribution < 1.29 is 9.59 Å². The number of benzene rings is 1. The lowest BCUT2D eigenvalue weighted by Crippen LogP contribution is -2.23. The first-order valence-electron chi connectivity index (χ1n) is 6.36. The molecule has 0 fully saturated rings. The minimum atomic E-state index is -0.394. The van der Waals surface area contributed by atoms with E-state index in [1.54, 1.807) is 38.5 Å². The summed E-state index contributed by atoms with van der Waals surface area (Å²) < 4.78 is 0. The molecule has 2 aromatic rings. The third kappa shape index (κ3) is 3.59. The number of aryl methyl sites for hydroxylation is 1. The molecule has 1 heterocycles. The van der Waals surface area contributed by atoms with Crippen LogP contribution in [-0.4, -0.2) is 41.1 Å². The largest absolute Gasteiger partial charge is 0.345 e. The van der Waals surface area contributed by atoms with Crippen LogP contribution in [0, 0.1) is 6.92 Å². The molecule has 0 aliphatic heterocycles. The van der Waals surface area contributed by atoms with Gasteiger partial charge in [0, 0.05) is 31.5 Å². The van der Waals surface area contributed by atoms with Gasteiger partial charge in [0.05, 0.1) is 11.9 Å². The summed E-state index contributed by atoms with van der Waals surface area (Å²) >= 11 is 0. The van der Waals surface area contributed by atoms with Gasteiger partial charge in [-0.3, -0.25) is 9.89 Å². The maximum absolute atomic E-state index is 11.9. The average molecular weight is 287 g/mol. The average Bonchev–Trinajstić information content (AvgIpc) is 2.93. The van der Waals surface area contributed by atoms with Crippen LogP contribution in [0.5, 0.6) is 0 Å². The van der Waals surface area contributed by atoms with Crippen molar-refractivity contribution in [1.29, 1.82) is 0 Å². The van der Waals surface area contributed by atoms with Gasteiger partial charge < -0.3 is 15.5 Å². The number of carbonyl (C=O) groups excluding carboxylic acids is 2. The van der Waals surface area contributed by atoms with Gasteiger partial charge in [0.1, 0.15) is 0 Å². The second-order valence-corrected chi connectivity index (χ2v) is 4.80. The van der Waals surface area contributed by atoms with E-state index in [1.165, 1.54) is 11.1 Å². The number of aromatic nitrogens is 2. The van der Waals surface area contributed by atoms with E-state index in [0.29, 0.717) is 16.9 Å². The first kappa shape index (κ1) is 14.6. The number of nitrogens with zero attached hydrogens (tertiary/aromatic N) is 2. The van der Waals surface area contributed by atoms with Crippen LogP contribution in [0.2, 0.25) is 0 Å². The zero-order chi connectivity index (χ0) is 15.4. The summed E-state index contributed by atoms with van der Waals surface area (Å²) in [5.74, 6) is -0.117. The molecule has 0 aliphatic rings. The van der Waals surface area contributed by atoms with E-state index in [2.05, 4.69) is 20.8 Å². The van der Waals surface area contributed by atoms with E-state index in [9.17, 15) is 9.59 Å². The fraction of sp³-hybridized carbons (Fsp3) is 0.214. The third-order valence-corrected chi connectivity index (χ3v) is 2.89. The Bertz CT molecular complexity index is 649. The molecule has 0 saturated heterocycles. The fourth-order valence-electron chi connectivity index (χ4n) is 1.75. The Hall–Kier alpha value is -2.83. The van der Waals surface area contributed by atoms with Crippen LogP contribution in [0.15, 0.2) is 30.6 Å². The van der Waals surface area contributed by atoms with Crippen molar-refractivity contribution in [3.8, 4) is 0 Å². The lowest BCUT2D eigenvalue weighted by atomic mass is 10.1. The molecule has 0 unspecified atom stereocenters. The van der Waals surface area contributed by atoms with E-state index in [1.807, 2.05) is 6.92 Å². The fourth-order valence-corrected chi connectivity index (χ4v) is 1.75. The molecule has 0 bridgehead atoms. The highest BCUT2D eigenvalue weighted by molar-refractivity contribution is 6.01. The molecule has 21 heavy (non-hydrogen) atoms. The zero-order valence-corrected chi connectivity index (χ0v) is 12.1. The molecule has 7 nitrogen and oxygen atoms in total. The first-order chi connectivity index (χ1) is 9.97. The smallest absolute Gasteiger partial charge is 0.323 e. The number of aromatic amines is 1. The molecule has 3 N–H and O–H groups in total. The minimum absolute atomic E-state index is 0.117. The van der Waals surface area contributed by atoms with Gasteiger partial charge in [0.2, 0.25) is 0 Å². The number of carbonyl (C=O) groups is 2. The van der Waals surface area contributed by atoms with Gasteiger partial charge in [-0.25, -0.2) is 4.79 Å². The van der Waals surface area contributed by atoms with E-state index >= 15 is 0 Å². The molecule has 7 heteroatoms. The zero-order valence-electron chi connectivity index (χ0n) is 12.1. The van der Waals surface area contributed by atoms with Gasteiger partial charge >= 0.3 is 6.03 Å². The highest BCUT2D eigenvalue weighted by Crippen LogP contribution is 2.18. The van der Waals surface area contributed by atoms with Crippen LogP contribution in [0.1, 0.15) is 15.9 Å². The van der Waals surface area contributed by atoms with Gasteiger partial charge in [-0.2, -0.15) is 5.10 Å². The molecule has 0 aliphatic carbocycles. The van der Waals surface area contributed by atoms with Crippen molar-refractivity contribution in [2.24, 2.45) is 0 Å². The topological polar surface area (TPSA) is 90.1 Å². The Morgan fingerprint density at radius 1 is 1.24 bits per heavy atom. The maximum atomic E-state index is 11.9. The highest BCUT2D eigenvalue weighted by atomic mass is 16.2. The number of H-pyrrole nitrogens is 1. The molecule has 1 aromatic heterocycles. The summed E-state index contributed by atoms with van der Waals surface area (Å²) in [6.45, 7) is 1.86. The van der Waals surface area contributed by atoms with Gasteiger partial charge in [0.25, 0.3) is 5.91 Å². The quantitative estimate of drug-likeness (QED) is 0.807. The van der Waals surface area contributed by atoms with E-state index in [4.69, 9.17) is 0 Å². The van der Waals surface area contributed by atoms with E-state index in [0.717, 1.165) is 5.56 Å². The molecule has 0 spiro atoms. The molecule has 3 amide bonds. The Balaban J connectivity index is 2.13. The lowest BCUT2D eigenvalue weighted by Gasteiger charge is -2.13. The van der Waals surface area contributed by atoms with Crippen LogP contribution in [0.4, 0.5) is 16.2 Å². The summed E-state index contributed by atoms with van der Waals surface area (Å²) in [4.78, 5) is 25.3. The standard InChI is InChI=1S/C14H17N5O2/c1-9-4-5-10(13(20)19(2)3)6-12(9)18-14(21)17-11-7-15-16-8-11/h4-8H,1-3H3,(H,15,16)(H2,17,18,21). The summed E-state index contributed by atoms with van der Waals surface area (Å²) in [6.07, 6.45) is 3.07. The van der Waals surface area contributed by atoms with Gasteiger partial charge in [0.15, 0.2) is 0 Å². The summed E-state index contributed by atoms with van der Waals surface area (Å²) in [7, 11) is 3.36.